The van der Waals surface area contributed by atoms with Crippen LogP contribution < -0.4 is 4.90 Å². The summed E-state index contributed by atoms with van der Waals surface area (Å²) in [6.45, 7) is 3.70. The summed E-state index contributed by atoms with van der Waals surface area (Å²) >= 11 is 1.53. The summed E-state index contributed by atoms with van der Waals surface area (Å²) in [4.78, 5) is 29.3. The molecule has 1 aliphatic heterocycles. The van der Waals surface area contributed by atoms with Gasteiger partial charge in [-0.05, 0) is 69.2 Å². The SMILES string of the molecule is C[C@@H](OC(=O)c1cc2c(s1)CCCCC2)C(=O)N1c2ccccc2C[C@@H]1C. The first kappa shape index (κ1) is 18.2. The molecule has 1 aromatic carbocycles. The minimum Gasteiger partial charge on any atom is -0.448 e. The van der Waals surface area contributed by atoms with Gasteiger partial charge < -0.3 is 9.64 Å². The minimum atomic E-state index is -0.798. The second kappa shape index (κ2) is 7.47. The lowest BCUT2D eigenvalue weighted by Crippen LogP contribution is -2.43. The van der Waals surface area contributed by atoms with Crippen LogP contribution in [0.15, 0.2) is 30.3 Å². The average Bonchev–Trinajstić information content (AvgIpc) is 3.13. The van der Waals surface area contributed by atoms with E-state index in [1.807, 2.05) is 31.2 Å². The summed E-state index contributed by atoms with van der Waals surface area (Å²) in [6, 6.07) is 9.99. The van der Waals surface area contributed by atoms with Crippen molar-refractivity contribution >= 4 is 28.9 Å². The monoisotopic (exact) mass is 383 g/mol. The number of amides is 1. The largest absolute Gasteiger partial charge is 0.448 e. The molecular formula is C22H25NO3S. The molecule has 0 spiro atoms. The maximum absolute atomic E-state index is 13.0. The van der Waals surface area contributed by atoms with Crippen molar-refractivity contribution in [2.24, 2.45) is 0 Å². The quantitative estimate of drug-likeness (QED) is 0.577. The van der Waals surface area contributed by atoms with Crippen molar-refractivity contribution in [3.63, 3.8) is 0 Å². The summed E-state index contributed by atoms with van der Waals surface area (Å²) in [5, 5.41) is 0. The predicted octanol–water partition coefficient (Wildman–Crippen LogP) is 4.54. The van der Waals surface area contributed by atoms with Crippen molar-refractivity contribution in [1.82, 2.24) is 0 Å². The lowest BCUT2D eigenvalue weighted by molar-refractivity contribution is -0.126. The molecule has 0 unspecified atom stereocenters. The first-order chi connectivity index (χ1) is 13.0. The number of carbonyl (C=O) groups excluding carboxylic acids is 2. The molecule has 1 amide bonds. The number of nitrogens with zero attached hydrogens (tertiary/aromatic N) is 1. The number of hydrogen-bond acceptors (Lipinski definition) is 4. The van der Waals surface area contributed by atoms with Gasteiger partial charge in [-0.2, -0.15) is 0 Å². The highest BCUT2D eigenvalue weighted by Crippen LogP contribution is 2.33. The number of carbonyl (C=O) groups is 2. The van der Waals surface area contributed by atoms with E-state index in [0.29, 0.717) is 4.88 Å². The first-order valence-corrected chi connectivity index (χ1v) is 10.6. The van der Waals surface area contributed by atoms with Crippen molar-refractivity contribution in [2.75, 3.05) is 4.90 Å². The van der Waals surface area contributed by atoms with Crippen LogP contribution in [-0.4, -0.2) is 24.0 Å². The predicted molar refractivity (Wildman–Crippen MR) is 108 cm³/mol. The fraction of sp³-hybridized carbons (Fsp3) is 0.455. The molecule has 1 aliphatic carbocycles. The Morgan fingerprint density at radius 1 is 1.15 bits per heavy atom. The second-order valence-corrected chi connectivity index (χ2v) is 8.69. The number of fused-ring (bicyclic) bond motifs is 2. The Labute approximate surface area is 164 Å². The Morgan fingerprint density at radius 2 is 1.93 bits per heavy atom. The molecule has 2 aromatic rings. The molecular weight excluding hydrogens is 358 g/mol. The molecule has 4 rings (SSSR count). The van der Waals surface area contributed by atoms with E-state index >= 15 is 0 Å². The van der Waals surface area contributed by atoms with Gasteiger partial charge in [0, 0.05) is 16.6 Å². The van der Waals surface area contributed by atoms with E-state index in [1.165, 1.54) is 46.6 Å². The topological polar surface area (TPSA) is 46.6 Å². The van der Waals surface area contributed by atoms with Gasteiger partial charge in [-0.15, -0.1) is 11.3 Å². The highest BCUT2D eigenvalue weighted by Gasteiger charge is 2.34. The summed E-state index contributed by atoms with van der Waals surface area (Å²) in [6.07, 6.45) is 5.73. The van der Waals surface area contributed by atoms with Crippen molar-refractivity contribution in [2.45, 2.75) is 64.5 Å². The van der Waals surface area contributed by atoms with Crippen LogP contribution in [0.2, 0.25) is 0 Å². The molecule has 2 atom stereocenters. The zero-order chi connectivity index (χ0) is 19.0. The van der Waals surface area contributed by atoms with Crippen molar-refractivity contribution < 1.29 is 14.3 Å². The molecule has 27 heavy (non-hydrogen) atoms. The van der Waals surface area contributed by atoms with Crippen molar-refractivity contribution in [3.8, 4) is 0 Å². The van der Waals surface area contributed by atoms with Gasteiger partial charge in [0.05, 0.1) is 0 Å². The van der Waals surface area contributed by atoms with Gasteiger partial charge in [-0.25, -0.2) is 4.79 Å². The fourth-order valence-corrected chi connectivity index (χ4v) is 5.27. The highest BCUT2D eigenvalue weighted by molar-refractivity contribution is 7.14. The van der Waals surface area contributed by atoms with E-state index in [-0.39, 0.29) is 17.9 Å². The summed E-state index contributed by atoms with van der Waals surface area (Å²) < 4.78 is 5.56. The molecule has 0 radical (unpaired) electrons. The molecule has 1 aromatic heterocycles. The number of esters is 1. The highest BCUT2D eigenvalue weighted by atomic mass is 32.1. The number of hydrogen-bond donors (Lipinski definition) is 0. The Bertz CT molecular complexity index is 849. The van der Waals surface area contributed by atoms with Crippen molar-refractivity contribution in [1.29, 1.82) is 0 Å². The molecule has 0 N–H and O–H groups in total. The maximum Gasteiger partial charge on any atom is 0.349 e. The van der Waals surface area contributed by atoms with Gasteiger partial charge in [0.1, 0.15) is 4.88 Å². The van der Waals surface area contributed by atoms with Crippen LogP contribution in [0.25, 0.3) is 0 Å². The number of anilines is 1. The Kier molecular flexibility index (Phi) is 5.04. The molecule has 2 aliphatic rings. The third-order valence-corrected chi connectivity index (χ3v) is 6.74. The summed E-state index contributed by atoms with van der Waals surface area (Å²) in [5.74, 6) is -0.534. The Balaban J connectivity index is 1.47. The van der Waals surface area contributed by atoms with Gasteiger partial charge in [-0.1, -0.05) is 24.6 Å². The van der Waals surface area contributed by atoms with Gasteiger partial charge in [0.25, 0.3) is 5.91 Å². The van der Waals surface area contributed by atoms with Gasteiger partial charge >= 0.3 is 5.97 Å². The number of thiophene rings is 1. The minimum absolute atomic E-state index is 0.0776. The fourth-order valence-electron chi connectivity index (χ4n) is 4.13. The van der Waals surface area contributed by atoms with E-state index in [1.54, 1.807) is 11.8 Å². The van der Waals surface area contributed by atoms with Crippen LogP contribution >= 0.6 is 11.3 Å². The van der Waals surface area contributed by atoms with Crippen LogP contribution in [-0.2, 0) is 28.8 Å². The van der Waals surface area contributed by atoms with Gasteiger partial charge in [0.2, 0.25) is 0 Å². The molecule has 142 valence electrons. The Morgan fingerprint density at radius 3 is 2.78 bits per heavy atom. The lowest BCUT2D eigenvalue weighted by Gasteiger charge is -2.25. The number of para-hydroxylation sites is 1. The number of rotatable bonds is 3. The van der Waals surface area contributed by atoms with Crippen LogP contribution in [0.5, 0.6) is 0 Å². The zero-order valence-corrected chi connectivity index (χ0v) is 16.7. The number of aryl methyl sites for hydroxylation is 2. The third-order valence-electron chi connectivity index (χ3n) is 5.52. The number of benzene rings is 1. The molecule has 5 heteroatoms. The Hall–Kier alpha value is -2.14. The van der Waals surface area contributed by atoms with E-state index < -0.39 is 6.10 Å². The normalized spacial score (nSPS) is 19.8. The van der Waals surface area contributed by atoms with Gasteiger partial charge in [-0.3, -0.25) is 4.79 Å². The summed E-state index contributed by atoms with van der Waals surface area (Å²) in [5.41, 5.74) is 3.38. The molecule has 0 fully saturated rings. The van der Waals surface area contributed by atoms with E-state index in [2.05, 4.69) is 6.07 Å². The molecule has 0 saturated carbocycles. The van der Waals surface area contributed by atoms with Crippen LogP contribution in [0.3, 0.4) is 0 Å². The smallest absolute Gasteiger partial charge is 0.349 e. The van der Waals surface area contributed by atoms with Crippen LogP contribution in [0.1, 0.15) is 58.8 Å². The maximum atomic E-state index is 13.0. The standard InChI is InChI=1S/C22H25NO3S/c1-14-12-16-8-6-7-10-18(16)23(14)21(24)15(2)26-22(25)20-13-17-9-4-3-5-11-19(17)27-20/h6-8,10,13-15H,3-5,9,11-12H2,1-2H3/t14-,15+/m0/s1. The third kappa shape index (κ3) is 3.53. The molecule has 4 nitrogen and oxygen atoms in total. The van der Waals surface area contributed by atoms with Crippen LogP contribution in [0, 0.1) is 0 Å². The van der Waals surface area contributed by atoms with E-state index in [9.17, 15) is 9.59 Å². The van der Waals surface area contributed by atoms with Gasteiger partial charge in [0.15, 0.2) is 6.10 Å². The zero-order valence-electron chi connectivity index (χ0n) is 15.9. The van der Waals surface area contributed by atoms with E-state index in [4.69, 9.17) is 4.74 Å². The average molecular weight is 384 g/mol. The van der Waals surface area contributed by atoms with Crippen LogP contribution in [0.4, 0.5) is 5.69 Å². The lowest BCUT2D eigenvalue weighted by atomic mass is 10.1. The molecule has 0 saturated heterocycles. The first-order valence-electron chi connectivity index (χ1n) is 9.78. The van der Waals surface area contributed by atoms with E-state index in [0.717, 1.165) is 24.9 Å². The summed E-state index contributed by atoms with van der Waals surface area (Å²) in [7, 11) is 0. The molecule has 0 bridgehead atoms. The van der Waals surface area contributed by atoms with Crippen molar-refractivity contribution in [3.05, 3.63) is 51.2 Å². The second-order valence-electron chi connectivity index (χ2n) is 7.56. The number of ether oxygens (including phenoxy) is 1. The molecule has 2 heterocycles.